The first-order valence-electron chi connectivity index (χ1n) is 11.4. The minimum atomic E-state index is -0.836. The van der Waals surface area contributed by atoms with Gasteiger partial charge in [0.1, 0.15) is 23.3 Å². The number of carbonyl (C=O) groups excluding carboxylic acids is 2. The summed E-state index contributed by atoms with van der Waals surface area (Å²) in [5.41, 5.74) is 2.42. The van der Waals surface area contributed by atoms with E-state index >= 15 is 0 Å². The van der Waals surface area contributed by atoms with E-state index < -0.39 is 17.7 Å². The van der Waals surface area contributed by atoms with Crippen LogP contribution < -0.4 is 14.4 Å². The van der Waals surface area contributed by atoms with Gasteiger partial charge in [0.05, 0.1) is 30.4 Å². The predicted octanol–water partition coefficient (Wildman–Crippen LogP) is 6.65. The number of thiophene rings is 1. The Bertz CT molecular complexity index is 1380. The van der Waals surface area contributed by atoms with Gasteiger partial charge in [0.15, 0.2) is 0 Å². The lowest BCUT2D eigenvalue weighted by molar-refractivity contribution is -0.132. The summed E-state index contributed by atoms with van der Waals surface area (Å²) in [4.78, 5) is 29.1. The Hall–Kier alpha value is -3.29. The Morgan fingerprint density at radius 3 is 2.25 bits per heavy atom. The summed E-state index contributed by atoms with van der Waals surface area (Å²) in [5, 5.41) is 13.8. The molecule has 1 unspecified atom stereocenters. The van der Waals surface area contributed by atoms with Crippen LogP contribution in [0.25, 0.3) is 5.76 Å². The fraction of sp³-hybridized carbons (Fsp3) is 0.286. The Morgan fingerprint density at radius 2 is 1.69 bits per heavy atom. The molecule has 2 aromatic carbocycles. The number of benzene rings is 2. The van der Waals surface area contributed by atoms with Crippen molar-refractivity contribution in [1.82, 2.24) is 0 Å². The number of hydrogen-bond donors (Lipinski definition) is 1. The first kappa shape index (κ1) is 25.8. The van der Waals surface area contributed by atoms with E-state index in [2.05, 4.69) is 20.8 Å². The molecule has 2 heterocycles. The lowest BCUT2D eigenvalue weighted by Gasteiger charge is -2.26. The number of rotatable bonds is 5. The summed E-state index contributed by atoms with van der Waals surface area (Å²) in [5.74, 6) is -0.955. The summed E-state index contributed by atoms with van der Waals surface area (Å²) < 4.78 is 10.8. The van der Waals surface area contributed by atoms with Crippen LogP contribution in [0.2, 0.25) is 5.02 Å². The summed E-state index contributed by atoms with van der Waals surface area (Å²) in [6.45, 7) is 8.08. The first-order chi connectivity index (χ1) is 17.0. The van der Waals surface area contributed by atoms with Gasteiger partial charge in [0, 0.05) is 10.6 Å². The van der Waals surface area contributed by atoms with Crippen molar-refractivity contribution in [2.75, 3.05) is 19.1 Å². The number of nitrogens with zero attached hydrogens (tertiary/aromatic N) is 1. The molecular formula is C28H28ClNO5S. The van der Waals surface area contributed by atoms with Crippen molar-refractivity contribution in [1.29, 1.82) is 0 Å². The maximum absolute atomic E-state index is 13.5. The molecule has 0 aliphatic carbocycles. The monoisotopic (exact) mass is 525 g/mol. The molecule has 1 atom stereocenters. The van der Waals surface area contributed by atoms with Crippen LogP contribution in [0.1, 0.15) is 48.4 Å². The number of Topliss-reactive ketones (excluding diaryl/α,β-unsaturated/α-hetero) is 1. The number of aliphatic hydroxyl groups excluding tert-OH is 1. The van der Waals surface area contributed by atoms with Crippen molar-refractivity contribution in [3.63, 3.8) is 0 Å². The lowest BCUT2D eigenvalue weighted by Crippen LogP contribution is -2.29. The van der Waals surface area contributed by atoms with E-state index in [1.165, 1.54) is 30.5 Å². The molecule has 188 valence electrons. The van der Waals surface area contributed by atoms with Gasteiger partial charge in [-0.3, -0.25) is 14.5 Å². The molecule has 1 N–H and O–H groups in total. The maximum atomic E-state index is 13.5. The predicted molar refractivity (Wildman–Crippen MR) is 144 cm³/mol. The molecule has 0 spiro atoms. The number of carbonyl (C=O) groups is 2. The molecule has 1 aliphatic heterocycles. The number of halogens is 1. The fourth-order valence-electron chi connectivity index (χ4n) is 4.32. The number of amides is 1. The number of aryl methyl sites for hydroxylation is 1. The van der Waals surface area contributed by atoms with Gasteiger partial charge >= 0.3 is 0 Å². The number of hydrogen-bond acceptors (Lipinski definition) is 6. The quantitative estimate of drug-likeness (QED) is 0.229. The van der Waals surface area contributed by atoms with E-state index in [1.807, 2.05) is 30.5 Å². The molecule has 0 saturated carbocycles. The van der Waals surface area contributed by atoms with Gasteiger partial charge in [0.2, 0.25) is 0 Å². The number of ketones is 1. The van der Waals surface area contributed by atoms with Crippen LogP contribution in [-0.2, 0) is 15.0 Å². The third-order valence-corrected chi connectivity index (χ3v) is 7.70. The first-order valence-corrected chi connectivity index (χ1v) is 12.6. The highest BCUT2D eigenvalue weighted by Gasteiger charge is 2.48. The molecule has 3 aromatic rings. The second kappa shape index (κ2) is 9.64. The van der Waals surface area contributed by atoms with E-state index in [1.54, 1.807) is 24.3 Å². The van der Waals surface area contributed by atoms with Gasteiger partial charge in [0.25, 0.3) is 11.7 Å². The van der Waals surface area contributed by atoms with E-state index in [0.29, 0.717) is 27.8 Å². The minimum Gasteiger partial charge on any atom is -0.507 e. The van der Waals surface area contributed by atoms with Crippen LogP contribution in [0.4, 0.5) is 5.69 Å². The Labute approximate surface area is 219 Å². The molecule has 6 nitrogen and oxygen atoms in total. The zero-order valence-electron chi connectivity index (χ0n) is 21.0. The van der Waals surface area contributed by atoms with Gasteiger partial charge in [-0.1, -0.05) is 38.4 Å². The van der Waals surface area contributed by atoms with Gasteiger partial charge in [-0.25, -0.2) is 0 Å². The fourth-order valence-corrected chi connectivity index (χ4v) is 5.60. The zero-order chi connectivity index (χ0) is 26.4. The summed E-state index contributed by atoms with van der Waals surface area (Å²) in [7, 11) is 3.00. The summed E-state index contributed by atoms with van der Waals surface area (Å²) in [6.07, 6.45) is 0. The van der Waals surface area contributed by atoms with Crippen LogP contribution in [-0.4, -0.2) is 31.0 Å². The Morgan fingerprint density at radius 1 is 1.03 bits per heavy atom. The van der Waals surface area contributed by atoms with Crippen LogP contribution in [0, 0.1) is 6.92 Å². The highest BCUT2D eigenvalue weighted by atomic mass is 35.5. The summed E-state index contributed by atoms with van der Waals surface area (Å²) >= 11 is 7.78. The van der Waals surface area contributed by atoms with Gasteiger partial charge in [-0.2, -0.15) is 0 Å². The van der Waals surface area contributed by atoms with E-state index in [9.17, 15) is 14.7 Å². The lowest BCUT2D eigenvalue weighted by atomic mass is 9.85. The molecular weight excluding hydrogens is 498 g/mol. The highest BCUT2D eigenvalue weighted by Crippen LogP contribution is 2.47. The highest BCUT2D eigenvalue weighted by molar-refractivity contribution is 7.10. The van der Waals surface area contributed by atoms with E-state index in [0.717, 1.165) is 16.0 Å². The molecule has 0 bridgehead atoms. The largest absolute Gasteiger partial charge is 0.507 e. The van der Waals surface area contributed by atoms with Gasteiger partial charge in [-0.05, 0) is 65.2 Å². The SMILES string of the molecule is COc1ccc(N2C(=O)C(=O)/C(=C(/O)c3cc(C(C)(C)C)ccc3OC)C2c2sccc2C)cc1Cl. The average Bonchev–Trinajstić information content (AvgIpc) is 3.37. The third kappa shape index (κ3) is 4.38. The smallest absolute Gasteiger partial charge is 0.300 e. The average molecular weight is 526 g/mol. The molecule has 1 fully saturated rings. The van der Waals surface area contributed by atoms with E-state index in [4.69, 9.17) is 21.1 Å². The topological polar surface area (TPSA) is 76.1 Å². The molecule has 1 aliphatic rings. The minimum absolute atomic E-state index is 0.00171. The Kier molecular flexibility index (Phi) is 6.90. The molecule has 1 saturated heterocycles. The molecule has 1 aromatic heterocycles. The molecule has 4 rings (SSSR count). The van der Waals surface area contributed by atoms with Crippen molar-refractivity contribution in [2.24, 2.45) is 0 Å². The zero-order valence-corrected chi connectivity index (χ0v) is 22.6. The maximum Gasteiger partial charge on any atom is 0.300 e. The van der Waals surface area contributed by atoms with Crippen LogP contribution in [0.3, 0.4) is 0 Å². The second-order valence-corrected chi connectivity index (χ2v) is 11.0. The van der Waals surface area contributed by atoms with Crippen molar-refractivity contribution in [3.8, 4) is 11.5 Å². The third-order valence-electron chi connectivity index (χ3n) is 6.33. The molecule has 0 radical (unpaired) electrons. The van der Waals surface area contributed by atoms with Crippen LogP contribution in [0.5, 0.6) is 11.5 Å². The van der Waals surface area contributed by atoms with Crippen molar-refractivity contribution in [3.05, 3.63) is 80.0 Å². The number of methoxy groups -OCH3 is 2. The number of ether oxygens (including phenoxy) is 2. The molecule has 36 heavy (non-hydrogen) atoms. The van der Waals surface area contributed by atoms with Crippen molar-refractivity contribution < 1.29 is 24.2 Å². The van der Waals surface area contributed by atoms with Crippen molar-refractivity contribution >= 4 is 46.1 Å². The standard InChI is InChI=1S/C28H28ClNO5S/c1-15-11-12-36-26(15)23-22(24(31)18-13-16(28(2,3)4)7-9-20(18)34-5)25(32)27(33)30(23)17-8-10-21(35-6)19(29)14-17/h7-14,23,31H,1-6H3/b24-22+. The van der Waals surface area contributed by atoms with Crippen molar-refractivity contribution in [2.45, 2.75) is 39.2 Å². The van der Waals surface area contributed by atoms with E-state index in [-0.39, 0.29) is 16.7 Å². The molecule has 1 amide bonds. The normalized spacial score (nSPS) is 17.5. The van der Waals surface area contributed by atoms with Gasteiger partial charge < -0.3 is 14.6 Å². The molecule has 8 heteroatoms. The number of aliphatic hydroxyl groups is 1. The van der Waals surface area contributed by atoms with Crippen LogP contribution >= 0.6 is 22.9 Å². The number of anilines is 1. The van der Waals surface area contributed by atoms with Gasteiger partial charge in [-0.15, -0.1) is 11.3 Å². The Balaban J connectivity index is 1.99. The summed E-state index contributed by atoms with van der Waals surface area (Å²) in [6, 6.07) is 11.5. The second-order valence-electron chi connectivity index (χ2n) is 9.62. The van der Waals surface area contributed by atoms with Crippen LogP contribution in [0.15, 0.2) is 53.4 Å².